The van der Waals surface area contributed by atoms with Crippen LogP contribution in [0.2, 0.25) is 0 Å². The molecular formula is C44H52N4O14S6. The lowest BCUT2D eigenvalue weighted by Gasteiger charge is -2.27. The fraction of sp³-hybridized carbons (Fsp3) is 0.364. The van der Waals surface area contributed by atoms with E-state index in [0.29, 0.717) is 21.3 Å². The van der Waals surface area contributed by atoms with Crippen LogP contribution in [0.3, 0.4) is 0 Å². The van der Waals surface area contributed by atoms with Gasteiger partial charge in [0.1, 0.15) is 9.79 Å². The molecule has 4 aromatic rings. The van der Waals surface area contributed by atoms with Gasteiger partial charge in [-0.15, -0.1) is 23.5 Å². The molecule has 18 nitrogen and oxygen atoms in total. The first kappa shape index (κ1) is 53.2. The fourth-order valence-electron chi connectivity index (χ4n) is 6.98. The number of ether oxygens (including phenoxy) is 2. The Bertz CT molecular complexity index is 2790. The summed E-state index contributed by atoms with van der Waals surface area (Å²) >= 11 is 2.70. The minimum atomic E-state index is -4.99. The molecule has 0 bridgehead atoms. The second-order valence-corrected chi connectivity index (χ2v) is 24.3. The number of nitrogens with zero attached hydrogens (tertiary/aromatic N) is 2. The molecule has 0 radical (unpaired) electrons. The van der Waals surface area contributed by atoms with E-state index in [2.05, 4.69) is 10.6 Å². The first-order chi connectivity index (χ1) is 32.2. The van der Waals surface area contributed by atoms with E-state index < -0.39 is 61.9 Å². The lowest BCUT2D eigenvalue weighted by molar-refractivity contribution is 0.0729. The monoisotopic (exact) mass is 1050 g/mol. The number of thioether (sulfide) groups is 2. The van der Waals surface area contributed by atoms with E-state index in [1.54, 1.807) is 12.1 Å². The summed E-state index contributed by atoms with van der Waals surface area (Å²) in [5.41, 5.74) is -0.571. The van der Waals surface area contributed by atoms with Crippen LogP contribution < -0.4 is 10.6 Å². The zero-order chi connectivity index (χ0) is 49.3. The number of rotatable bonds is 20. The molecule has 0 atom stereocenters. The first-order valence-electron chi connectivity index (χ1n) is 21.5. The minimum absolute atomic E-state index is 0.0392. The third-order valence-electron chi connectivity index (χ3n) is 10.6. The Morgan fingerprint density at radius 3 is 1.26 bits per heavy atom. The van der Waals surface area contributed by atoms with Crippen LogP contribution in [0, 0.1) is 0 Å². The Kier molecular flexibility index (Phi) is 18.1. The number of sulfonamides is 2. The zero-order valence-corrected chi connectivity index (χ0v) is 42.0. The lowest BCUT2D eigenvalue weighted by Crippen LogP contribution is -2.40. The molecule has 6 rings (SSSR count). The molecule has 0 unspecified atom stereocenters. The van der Waals surface area contributed by atoms with E-state index in [9.17, 15) is 52.4 Å². The van der Waals surface area contributed by atoms with Gasteiger partial charge in [0.05, 0.1) is 36.2 Å². The molecule has 2 aliphatic heterocycles. The highest BCUT2D eigenvalue weighted by Crippen LogP contribution is 2.34. The smallest absolute Gasteiger partial charge is 0.295 e. The summed E-state index contributed by atoms with van der Waals surface area (Å²) in [6.45, 7) is 5.46. The first-order valence-corrected chi connectivity index (χ1v) is 29.2. The second kappa shape index (κ2) is 23.2. The van der Waals surface area contributed by atoms with Crippen molar-refractivity contribution in [2.75, 3.05) is 74.7 Å². The number of amides is 2. The van der Waals surface area contributed by atoms with E-state index >= 15 is 0 Å². The summed E-state index contributed by atoms with van der Waals surface area (Å²) in [5.74, 6) is -0.257. The van der Waals surface area contributed by atoms with Gasteiger partial charge in [-0.05, 0) is 96.1 Å². The maximum absolute atomic E-state index is 13.8. The van der Waals surface area contributed by atoms with Crippen molar-refractivity contribution in [2.24, 2.45) is 0 Å². The van der Waals surface area contributed by atoms with Crippen molar-refractivity contribution < 1.29 is 61.8 Å². The molecule has 68 heavy (non-hydrogen) atoms. The Morgan fingerprint density at radius 1 is 0.559 bits per heavy atom. The molecule has 0 aliphatic carbocycles. The third-order valence-corrected chi connectivity index (χ3v) is 18.9. The Labute approximate surface area is 405 Å². The molecule has 4 aromatic carbocycles. The summed E-state index contributed by atoms with van der Waals surface area (Å²) in [6, 6.07) is 15.5. The van der Waals surface area contributed by atoms with Gasteiger partial charge in [0.2, 0.25) is 20.0 Å². The molecule has 2 saturated heterocycles. The number of benzene rings is 4. The number of hydrogen-bond donors (Lipinski definition) is 4. The Morgan fingerprint density at radius 2 is 0.926 bits per heavy atom. The van der Waals surface area contributed by atoms with Crippen LogP contribution in [-0.4, -0.2) is 127 Å². The van der Waals surface area contributed by atoms with Gasteiger partial charge in [0.15, 0.2) is 0 Å². The van der Waals surface area contributed by atoms with Crippen molar-refractivity contribution in [3.05, 3.63) is 95.1 Å². The van der Waals surface area contributed by atoms with E-state index in [1.165, 1.54) is 80.7 Å². The van der Waals surface area contributed by atoms with Gasteiger partial charge in [0, 0.05) is 58.5 Å². The van der Waals surface area contributed by atoms with Gasteiger partial charge in [0.25, 0.3) is 32.1 Å². The normalized spacial score (nSPS) is 15.6. The van der Waals surface area contributed by atoms with Crippen LogP contribution in [-0.2, 0) is 49.8 Å². The fourth-order valence-corrected chi connectivity index (χ4v) is 14.4. The zero-order valence-electron chi connectivity index (χ0n) is 37.1. The van der Waals surface area contributed by atoms with Gasteiger partial charge in [-0.1, -0.05) is 51.0 Å². The van der Waals surface area contributed by atoms with Gasteiger partial charge in [-0.2, -0.15) is 25.4 Å². The van der Waals surface area contributed by atoms with Crippen molar-refractivity contribution in [1.29, 1.82) is 0 Å². The summed E-state index contributed by atoms with van der Waals surface area (Å²) in [7, 11) is -18.0. The number of carbonyl (C=O) groups is 2. The predicted octanol–water partition coefficient (Wildman–Crippen LogP) is 6.68. The molecule has 4 N–H and O–H groups in total. The average molecular weight is 1050 g/mol. The van der Waals surface area contributed by atoms with Crippen LogP contribution in [0.4, 0.5) is 11.4 Å². The van der Waals surface area contributed by atoms with Crippen LogP contribution in [0.15, 0.2) is 102 Å². The topological polar surface area (TPSA) is 260 Å². The van der Waals surface area contributed by atoms with Crippen LogP contribution in [0.1, 0.15) is 71.4 Å². The van der Waals surface area contributed by atoms with Gasteiger partial charge < -0.3 is 20.1 Å². The number of anilines is 2. The summed E-state index contributed by atoms with van der Waals surface area (Å²) in [5, 5.41) is 5.09. The Hall–Kier alpha value is -4.18. The number of morpholine rings is 2. The maximum Gasteiger partial charge on any atom is 0.295 e. The Balaban J connectivity index is 1.24. The number of nitrogens with one attached hydrogen (secondary N) is 2. The van der Waals surface area contributed by atoms with Crippen molar-refractivity contribution in [1.82, 2.24) is 8.61 Å². The molecule has 24 heteroatoms. The third kappa shape index (κ3) is 13.4. The van der Waals surface area contributed by atoms with Gasteiger partial charge >= 0.3 is 0 Å². The maximum atomic E-state index is 13.8. The number of carbonyl (C=O) groups excluding carboxylic acids is 2. The van der Waals surface area contributed by atoms with E-state index in [1.807, 2.05) is 13.8 Å². The molecule has 2 heterocycles. The highest BCUT2D eigenvalue weighted by atomic mass is 32.2. The standard InChI is InChI=1S/C44H52N4O14S6/c1-3-5-25-63-37-15-11-33(27-41(37)65(51,52)47-17-21-61-22-18-47)43(49)45-35-13-9-31(39(29-35)67(55,56)57)7-8-32-10-14-36(30-40(32)68(58,59)60)46-44(50)34-12-16-38(64-26-6-4-2)42(28-34)66(53,54)48-19-23-62-24-20-48/h7-16,27-30H,3-6,17-26H2,1-2H3,(H,45,49)(H,46,50)(H,55,56,57)(H,58,59,60). The predicted molar refractivity (Wildman–Crippen MR) is 261 cm³/mol. The summed E-state index contributed by atoms with van der Waals surface area (Å²) in [6.07, 6.45) is 5.75. The quantitative estimate of drug-likeness (QED) is 0.0311. The van der Waals surface area contributed by atoms with Crippen molar-refractivity contribution >= 4 is 99.1 Å². The van der Waals surface area contributed by atoms with Crippen LogP contribution in [0.25, 0.3) is 12.2 Å². The average Bonchev–Trinajstić information content (AvgIpc) is 3.31. The molecule has 2 fully saturated rings. The SMILES string of the molecule is CCCCSc1ccc(C(=O)Nc2ccc(C=Cc3ccc(NC(=O)c4ccc(SCCCC)c(S(=O)(=O)N5CCOCC5)c4)cc3S(=O)(=O)O)c(S(=O)(=O)O)c2)cc1S(=O)(=O)N1CCOCC1. The molecule has 0 aromatic heterocycles. The molecule has 0 saturated carbocycles. The van der Waals surface area contributed by atoms with Gasteiger partial charge in [-0.3, -0.25) is 18.7 Å². The summed E-state index contributed by atoms with van der Waals surface area (Å²) in [4.78, 5) is 26.6. The molecule has 2 aliphatic rings. The van der Waals surface area contributed by atoms with Crippen LogP contribution in [0.5, 0.6) is 0 Å². The highest BCUT2D eigenvalue weighted by molar-refractivity contribution is 8.00. The van der Waals surface area contributed by atoms with Crippen molar-refractivity contribution in [3.8, 4) is 0 Å². The molecule has 2 amide bonds. The van der Waals surface area contributed by atoms with E-state index in [4.69, 9.17) is 9.47 Å². The van der Waals surface area contributed by atoms with Crippen molar-refractivity contribution in [3.63, 3.8) is 0 Å². The number of hydrogen-bond acceptors (Lipinski definition) is 14. The van der Waals surface area contributed by atoms with Crippen molar-refractivity contribution in [2.45, 2.75) is 68.9 Å². The highest BCUT2D eigenvalue weighted by Gasteiger charge is 2.32. The molecule has 368 valence electrons. The number of unbranched alkanes of at least 4 members (excludes halogenated alkanes) is 2. The largest absolute Gasteiger partial charge is 0.379 e. The summed E-state index contributed by atoms with van der Waals surface area (Å²) < 4.78 is 139. The molecular weight excluding hydrogens is 1000 g/mol. The van der Waals surface area contributed by atoms with E-state index in [-0.39, 0.29) is 96.0 Å². The lowest BCUT2D eigenvalue weighted by atomic mass is 10.1. The second-order valence-electron chi connectivity index (χ2n) is 15.5. The minimum Gasteiger partial charge on any atom is -0.379 e. The van der Waals surface area contributed by atoms with Gasteiger partial charge in [-0.25, -0.2) is 16.8 Å². The van der Waals surface area contributed by atoms with E-state index in [0.717, 1.165) is 50.0 Å². The van der Waals surface area contributed by atoms with Crippen LogP contribution >= 0.6 is 23.5 Å². The molecule has 0 spiro atoms.